The fourth-order valence-electron chi connectivity index (χ4n) is 1.89. The number of thioether (sulfide) groups is 1. The van der Waals surface area contributed by atoms with E-state index in [1.165, 1.54) is 24.0 Å². The van der Waals surface area contributed by atoms with Crippen LogP contribution >= 0.6 is 11.8 Å². The summed E-state index contributed by atoms with van der Waals surface area (Å²) in [7, 11) is 0. The Labute approximate surface area is 119 Å². The fourth-order valence-corrected chi connectivity index (χ4v) is 2.63. The second-order valence-corrected chi connectivity index (χ2v) is 5.39. The van der Waals surface area contributed by atoms with Gasteiger partial charge in [0.05, 0.1) is 6.20 Å². The SMILES string of the molecule is Cc1cc(C)n2nc(SCc3cncc(F)c3)nc2n1. The van der Waals surface area contributed by atoms with Gasteiger partial charge >= 0.3 is 0 Å². The van der Waals surface area contributed by atoms with Crippen molar-refractivity contribution in [2.45, 2.75) is 24.8 Å². The van der Waals surface area contributed by atoms with E-state index in [2.05, 4.69) is 20.1 Å². The van der Waals surface area contributed by atoms with Crippen LogP contribution in [0.3, 0.4) is 0 Å². The second kappa shape index (κ2) is 5.16. The van der Waals surface area contributed by atoms with Crippen LogP contribution in [0.15, 0.2) is 29.7 Å². The lowest BCUT2D eigenvalue weighted by Crippen LogP contribution is -1.97. The first-order chi connectivity index (χ1) is 9.61. The lowest BCUT2D eigenvalue weighted by molar-refractivity contribution is 0.619. The lowest BCUT2D eigenvalue weighted by Gasteiger charge is -1.98. The number of hydrogen-bond acceptors (Lipinski definition) is 5. The zero-order valence-corrected chi connectivity index (χ0v) is 11.9. The first-order valence-corrected chi connectivity index (χ1v) is 7.03. The summed E-state index contributed by atoms with van der Waals surface area (Å²) in [6.45, 7) is 3.88. The molecule has 0 saturated heterocycles. The van der Waals surface area contributed by atoms with Crippen LogP contribution in [0.2, 0.25) is 0 Å². The van der Waals surface area contributed by atoms with Crippen LogP contribution in [-0.2, 0) is 5.75 Å². The third kappa shape index (κ3) is 2.62. The molecule has 3 aromatic rings. The number of pyridine rings is 1. The van der Waals surface area contributed by atoms with E-state index in [1.54, 1.807) is 10.7 Å². The quantitative estimate of drug-likeness (QED) is 0.694. The van der Waals surface area contributed by atoms with Gasteiger partial charge in [-0.25, -0.2) is 13.9 Å². The summed E-state index contributed by atoms with van der Waals surface area (Å²) in [6.07, 6.45) is 2.83. The van der Waals surface area contributed by atoms with Gasteiger partial charge in [0.1, 0.15) is 5.82 Å². The van der Waals surface area contributed by atoms with Gasteiger partial charge in [0.2, 0.25) is 5.16 Å². The first-order valence-electron chi connectivity index (χ1n) is 6.05. The Hall–Kier alpha value is -2.02. The molecule has 0 fully saturated rings. The third-order valence-corrected chi connectivity index (χ3v) is 3.64. The molecule has 0 aliphatic heterocycles. The van der Waals surface area contributed by atoms with Crippen LogP contribution < -0.4 is 0 Å². The molecule has 0 amide bonds. The molecule has 0 aliphatic carbocycles. The standard InChI is InChI=1S/C13H12FN5S/c1-8-3-9(2)19-12(16-8)17-13(18-19)20-7-10-4-11(14)6-15-5-10/h3-6H,7H2,1-2H3. The number of halogens is 1. The van der Waals surface area contributed by atoms with E-state index in [0.717, 1.165) is 17.0 Å². The highest BCUT2D eigenvalue weighted by molar-refractivity contribution is 7.98. The minimum absolute atomic E-state index is 0.334. The Balaban J connectivity index is 1.83. The fraction of sp³-hybridized carbons (Fsp3) is 0.231. The molecule has 20 heavy (non-hydrogen) atoms. The van der Waals surface area contributed by atoms with Gasteiger partial charge in [-0.15, -0.1) is 5.10 Å². The first kappa shape index (κ1) is 13.0. The monoisotopic (exact) mass is 289 g/mol. The molecule has 0 aliphatic rings. The van der Waals surface area contributed by atoms with Gasteiger partial charge in [-0.2, -0.15) is 4.98 Å². The van der Waals surface area contributed by atoms with E-state index in [-0.39, 0.29) is 5.82 Å². The largest absolute Gasteiger partial charge is 0.261 e. The molecule has 0 atom stereocenters. The maximum absolute atomic E-state index is 13.0. The van der Waals surface area contributed by atoms with Crippen molar-refractivity contribution in [2.24, 2.45) is 0 Å². The molecule has 0 saturated carbocycles. The molecule has 0 radical (unpaired) electrons. The Morgan fingerprint density at radius 3 is 2.85 bits per heavy atom. The zero-order chi connectivity index (χ0) is 14.1. The highest BCUT2D eigenvalue weighted by atomic mass is 32.2. The summed E-state index contributed by atoms with van der Waals surface area (Å²) in [4.78, 5) is 12.5. The van der Waals surface area contributed by atoms with Crippen molar-refractivity contribution >= 4 is 17.5 Å². The van der Waals surface area contributed by atoms with Crippen LogP contribution in [0.4, 0.5) is 4.39 Å². The molecule has 0 bridgehead atoms. The summed E-state index contributed by atoms with van der Waals surface area (Å²) >= 11 is 1.43. The molecule has 0 unspecified atom stereocenters. The van der Waals surface area contributed by atoms with Crippen molar-refractivity contribution in [3.05, 3.63) is 47.3 Å². The van der Waals surface area contributed by atoms with E-state index >= 15 is 0 Å². The van der Waals surface area contributed by atoms with Gasteiger partial charge in [0.15, 0.2) is 0 Å². The van der Waals surface area contributed by atoms with Gasteiger partial charge in [0.25, 0.3) is 5.78 Å². The highest BCUT2D eigenvalue weighted by Crippen LogP contribution is 2.20. The topological polar surface area (TPSA) is 56.0 Å². The Morgan fingerprint density at radius 2 is 2.05 bits per heavy atom. The summed E-state index contributed by atoms with van der Waals surface area (Å²) in [5.74, 6) is 0.821. The number of fused-ring (bicyclic) bond motifs is 1. The Bertz CT molecular complexity index is 771. The average molecular weight is 289 g/mol. The number of aromatic nitrogens is 5. The molecule has 0 aromatic carbocycles. The molecule has 3 heterocycles. The van der Waals surface area contributed by atoms with E-state index < -0.39 is 0 Å². The lowest BCUT2D eigenvalue weighted by atomic mass is 10.3. The van der Waals surface area contributed by atoms with Crippen molar-refractivity contribution in [1.82, 2.24) is 24.6 Å². The van der Waals surface area contributed by atoms with Crippen LogP contribution in [0.1, 0.15) is 17.0 Å². The minimum Gasteiger partial charge on any atom is -0.261 e. The van der Waals surface area contributed by atoms with Crippen molar-refractivity contribution < 1.29 is 4.39 Å². The van der Waals surface area contributed by atoms with Gasteiger partial charge in [-0.1, -0.05) is 11.8 Å². The maximum Gasteiger partial charge on any atom is 0.253 e. The number of hydrogen-bond donors (Lipinski definition) is 0. The van der Waals surface area contributed by atoms with Gasteiger partial charge < -0.3 is 0 Å². The predicted octanol–water partition coefficient (Wildman–Crippen LogP) is 2.57. The van der Waals surface area contributed by atoms with E-state index in [9.17, 15) is 4.39 Å². The van der Waals surface area contributed by atoms with Crippen molar-refractivity contribution in [2.75, 3.05) is 0 Å². The number of nitrogens with zero attached hydrogens (tertiary/aromatic N) is 5. The van der Waals surface area contributed by atoms with Crippen LogP contribution in [0, 0.1) is 19.7 Å². The molecule has 0 spiro atoms. The zero-order valence-electron chi connectivity index (χ0n) is 11.0. The summed E-state index contributed by atoms with van der Waals surface area (Å²) < 4.78 is 14.7. The van der Waals surface area contributed by atoms with Gasteiger partial charge in [-0.3, -0.25) is 4.98 Å². The minimum atomic E-state index is -0.334. The highest BCUT2D eigenvalue weighted by Gasteiger charge is 2.08. The average Bonchev–Trinajstić information content (AvgIpc) is 2.80. The van der Waals surface area contributed by atoms with E-state index in [1.807, 2.05) is 19.9 Å². The van der Waals surface area contributed by atoms with Gasteiger partial charge in [0, 0.05) is 23.3 Å². The summed E-state index contributed by atoms with van der Waals surface area (Å²) in [6, 6.07) is 3.41. The molecule has 102 valence electrons. The van der Waals surface area contributed by atoms with Crippen LogP contribution in [0.25, 0.3) is 5.78 Å². The van der Waals surface area contributed by atoms with Crippen molar-refractivity contribution in [1.29, 1.82) is 0 Å². The third-order valence-electron chi connectivity index (χ3n) is 2.73. The molecular formula is C13H12FN5S. The van der Waals surface area contributed by atoms with Crippen LogP contribution in [-0.4, -0.2) is 24.6 Å². The molecule has 0 N–H and O–H groups in total. The van der Waals surface area contributed by atoms with Crippen molar-refractivity contribution in [3.8, 4) is 0 Å². The molecule has 3 rings (SSSR count). The number of aryl methyl sites for hydroxylation is 2. The van der Waals surface area contributed by atoms with E-state index in [0.29, 0.717) is 16.7 Å². The maximum atomic E-state index is 13.0. The normalized spacial score (nSPS) is 11.2. The number of rotatable bonds is 3. The Kier molecular flexibility index (Phi) is 3.35. The molecular weight excluding hydrogens is 277 g/mol. The summed E-state index contributed by atoms with van der Waals surface area (Å²) in [5.41, 5.74) is 2.70. The Morgan fingerprint density at radius 1 is 1.20 bits per heavy atom. The van der Waals surface area contributed by atoms with E-state index in [4.69, 9.17) is 0 Å². The van der Waals surface area contributed by atoms with Gasteiger partial charge in [-0.05, 0) is 31.5 Å². The second-order valence-electron chi connectivity index (χ2n) is 4.45. The van der Waals surface area contributed by atoms with Crippen LogP contribution in [0.5, 0.6) is 0 Å². The smallest absolute Gasteiger partial charge is 0.253 e. The van der Waals surface area contributed by atoms with Crippen molar-refractivity contribution in [3.63, 3.8) is 0 Å². The molecule has 5 nitrogen and oxygen atoms in total. The summed E-state index contributed by atoms with van der Waals surface area (Å²) in [5, 5.41) is 5.00. The molecule has 3 aromatic heterocycles. The predicted molar refractivity (Wildman–Crippen MR) is 74.0 cm³/mol. The molecule has 7 heteroatoms.